The average molecular weight is 287 g/mol. The van der Waals surface area contributed by atoms with Gasteiger partial charge in [-0.05, 0) is 24.3 Å². The van der Waals surface area contributed by atoms with Crippen LogP contribution in [-0.2, 0) is 0 Å². The Bertz CT molecular complexity index is 761. The fourth-order valence-corrected chi connectivity index (χ4v) is 2.33. The van der Waals surface area contributed by atoms with Gasteiger partial charge in [0.2, 0.25) is 0 Å². The summed E-state index contributed by atoms with van der Waals surface area (Å²) < 4.78 is 5.69. The maximum absolute atomic E-state index is 10.6. The number of nitrogens with two attached hydrogens (primary N) is 1. The molecule has 20 heavy (non-hydrogen) atoms. The van der Waals surface area contributed by atoms with E-state index in [1.807, 2.05) is 5.38 Å². The number of hydrogen-bond acceptors (Lipinski definition) is 6. The predicted molar refractivity (Wildman–Crippen MR) is 76.3 cm³/mol. The van der Waals surface area contributed by atoms with Gasteiger partial charge in [0, 0.05) is 23.1 Å². The lowest BCUT2D eigenvalue weighted by atomic mass is 10.1. The number of rotatable bonds is 3. The molecular formula is C13H9N3O3S. The van der Waals surface area contributed by atoms with Crippen molar-refractivity contribution in [1.82, 2.24) is 4.98 Å². The molecular weight excluding hydrogens is 278 g/mol. The van der Waals surface area contributed by atoms with Gasteiger partial charge in [-0.15, -0.1) is 11.3 Å². The SMILES string of the molecule is Nc1nc(-c2ccc(-c3ccc([N+](=O)[O-])cc3)o2)cs1. The van der Waals surface area contributed by atoms with Gasteiger partial charge in [-0.2, -0.15) is 0 Å². The van der Waals surface area contributed by atoms with E-state index in [0.717, 1.165) is 5.56 Å². The molecule has 0 unspecified atom stereocenters. The fourth-order valence-electron chi connectivity index (χ4n) is 1.78. The molecule has 0 atom stereocenters. The highest BCUT2D eigenvalue weighted by Crippen LogP contribution is 2.30. The third-order valence-electron chi connectivity index (χ3n) is 2.74. The summed E-state index contributed by atoms with van der Waals surface area (Å²) >= 11 is 1.34. The fraction of sp³-hybridized carbons (Fsp3) is 0. The molecule has 0 aliphatic heterocycles. The molecule has 6 nitrogen and oxygen atoms in total. The number of benzene rings is 1. The topological polar surface area (TPSA) is 95.2 Å². The molecule has 0 saturated heterocycles. The van der Waals surface area contributed by atoms with Crippen molar-refractivity contribution >= 4 is 22.2 Å². The molecule has 2 N–H and O–H groups in total. The first kappa shape index (κ1) is 12.4. The highest BCUT2D eigenvalue weighted by atomic mass is 32.1. The quantitative estimate of drug-likeness (QED) is 0.587. The van der Waals surface area contributed by atoms with Crippen LogP contribution in [-0.4, -0.2) is 9.91 Å². The third kappa shape index (κ3) is 2.26. The lowest BCUT2D eigenvalue weighted by molar-refractivity contribution is -0.384. The monoisotopic (exact) mass is 287 g/mol. The van der Waals surface area contributed by atoms with Crippen LogP contribution in [0.4, 0.5) is 10.8 Å². The number of aromatic nitrogens is 1. The Labute approximate surface area is 117 Å². The standard InChI is InChI=1S/C13H9N3O3S/c14-13-15-10(7-20-13)12-6-5-11(19-12)8-1-3-9(4-2-8)16(17)18/h1-7H,(H2,14,15). The van der Waals surface area contributed by atoms with Crippen molar-refractivity contribution in [1.29, 1.82) is 0 Å². The highest BCUT2D eigenvalue weighted by molar-refractivity contribution is 7.13. The van der Waals surface area contributed by atoms with E-state index in [1.54, 1.807) is 24.3 Å². The summed E-state index contributed by atoms with van der Waals surface area (Å²) in [7, 11) is 0. The Morgan fingerprint density at radius 2 is 1.85 bits per heavy atom. The van der Waals surface area contributed by atoms with E-state index < -0.39 is 4.92 Å². The summed E-state index contributed by atoms with van der Waals surface area (Å²) in [6.07, 6.45) is 0. The Balaban J connectivity index is 1.91. The van der Waals surface area contributed by atoms with Crippen LogP contribution >= 0.6 is 11.3 Å². The van der Waals surface area contributed by atoms with Crippen LogP contribution in [0.2, 0.25) is 0 Å². The number of hydrogen-bond donors (Lipinski definition) is 1. The third-order valence-corrected chi connectivity index (χ3v) is 3.42. The van der Waals surface area contributed by atoms with Crippen molar-refractivity contribution in [2.45, 2.75) is 0 Å². The van der Waals surface area contributed by atoms with Crippen molar-refractivity contribution in [2.75, 3.05) is 5.73 Å². The second kappa shape index (κ2) is 4.78. The first-order valence-corrected chi connectivity index (χ1v) is 6.57. The summed E-state index contributed by atoms with van der Waals surface area (Å²) in [5.41, 5.74) is 7.08. The molecule has 0 aliphatic rings. The molecule has 0 amide bonds. The normalized spacial score (nSPS) is 10.6. The molecule has 0 spiro atoms. The van der Waals surface area contributed by atoms with Crippen LogP contribution in [0, 0.1) is 10.1 Å². The van der Waals surface area contributed by atoms with Gasteiger partial charge >= 0.3 is 0 Å². The van der Waals surface area contributed by atoms with Gasteiger partial charge in [-0.25, -0.2) is 4.98 Å². The first-order chi connectivity index (χ1) is 9.63. The zero-order valence-corrected chi connectivity index (χ0v) is 11.0. The van der Waals surface area contributed by atoms with E-state index in [0.29, 0.717) is 22.3 Å². The molecule has 0 radical (unpaired) electrons. The zero-order chi connectivity index (χ0) is 14.1. The molecule has 2 aromatic heterocycles. The van der Waals surface area contributed by atoms with Crippen LogP contribution < -0.4 is 5.73 Å². The molecule has 3 aromatic rings. The Kier molecular flexibility index (Phi) is 2.96. The minimum absolute atomic E-state index is 0.0489. The molecule has 0 bridgehead atoms. The Morgan fingerprint density at radius 1 is 1.15 bits per heavy atom. The number of nitrogen functional groups attached to an aromatic ring is 1. The van der Waals surface area contributed by atoms with E-state index in [4.69, 9.17) is 10.2 Å². The van der Waals surface area contributed by atoms with Crippen molar-refractivity contribution in [3.63, 3.8) is 0 Å². The molecule has 0 aliphatic carbocycles. The van der Waals surface area contributed by atoms with Crippen molar-refractivity contribution in [3.05, 3.63) is 51.9 Å². The second-order valence-corrected chi connectivity index (χ2v) is 4.93. The van der Waals surface area contributed by atoms with Gasteiger partial charge in [0.1, 0.15) is 11.5 Å². The van der Waals surface area contributed by atoms with E-state index in [-0.39, 0.29) is 5.69 Å². The molecule has 7 heteroatoms. The number of thiazole rings is 1. The second-order valence-electron chi connectivity index (χ2n) is 4.04. The van der Waals surface area contributed by atoms with E-state index in [2.05, 4.69) is 4.98 Å². The van der Waals surface area contributed by atoms with Crippen LogP contribution in [0.5, 0.6) is 0 Å². The lowest BCUT2D eigenvalue weighted by Gasteiger charge is -1.96. The van der Waals surface area contributed by atoms with Gasteiger partial charge in [0.15, 0.2) is 10.9 Å². The summed E-state index contributed by atoms with van der Waals surface area (Å²) in [6, 6.07) is 9.78. The molecule has 0 fully saturated rings. The average Bonchev–Trinajstić information content (AvgIpc) is 3.07. The summed E-state index contributed by atoms with van der Waals surface area (Å²) in [5.74, 6) is 1.24. The van der Waals surface area contributed by atoms with Gasteiger partial charge < -0.3 is 10.2 Å². The van der Waals surface area contributed by atoms with E-state index in [9.17, 15) is 10.1 Å². The van der Waals surface area contributed by atoms with Crippen molar-refractivity contribution in [2.24, 2.45) is 0 Å². The minimum atomic E-state index is -0.435. The number of nitro groups is 1. The number of non-ortho nitro benzene ring substituents is 1. The Morgan fingerprint density at radius 3 is 2.45 bits per heavy atom. The van der Waals surface area contributed by atoms with E-state index >= 15 is 0 Å². The van der Waals surface area contributed by atoms with Crippen LogP contribution in [0.1, 0.15) is 0 Å². The van der Waals surface area contributed by atoms with Crippen molar-refractivity contribution in [3.8, 4) is 22.8 Å². The minimum Gasteiger partial charge on any atom is -0.454 e. The number of furan rings is 1. The number of nitro benzene ring substituents is 1. The van der Waals surface area contributed by atoms with Crippen molar-refractivity contribution < 1.29 is 9.34 Å². The molecule has 2 heterocycles. The van der Waals surface area contributed by atoms with E-state index in [1.165, 1.54) is 23.5 Å². The van der Waals surface area contributed by atoms with Gasteiger partial charge in [0.25, 0.3) is 5.69 Å². The summed E-state index contributed by atoms with van der Waals surface area (Å²) in [4.78, 5) is 14.3. The maximum Gasteiger partial charge on any atom is 0.269 e. The lowest BCUT2D eigenvalue weighted by Crippen LogP contribution is -1.86. The highest BCUT2D eigenvalue weighted by Gasteiger charge is 2.11. The molecule has 3 rings (SSSR count). The molecule has 0 saturated carbocycles. The predicted octanol–water partition coefficient (Wildman–Crippen LogP) is 3.56. The Hall–Kier alpha value is -2.67. The maximum atomic E-state index is 10.6. The van der Waals surface area contributed by atoms with Gasteiger partial charge in [-0.1, -0.05) is 0 Å². The molecule has 100 valence electrons. The van der Waals surface area contributed by atoms with Gasteiger partial charge in [-0.3, -0.25) is 10.1 Å². The smallest absolute Gasteiger partial charge is 0.269 e. The van der Waals surface area contributed by atoms with Crippen LogP contribution in [0.25, 0.3) is 22.8 Å². The largest absolute Gasteiger partial charge is 0.454 e. The first-order valence-electron chi connectivity index (χ1n) is 5.69. The zero-order valence-electron chi connectivity index (χ0n) is 10.1. The number of anilines is 1. The summed E-state index contributed by atoms with van der Waals surface area (Å²) in [5, 5.41) is 12.9. The van der Waals surface area contributed by atoms with Crippen LogP contribution in [0.15, 0.2) is 46.2 Å². The number of nitrogens with zero attached hydrogens (tertiary/aromatic N) is 2. The molecule has 1 aromatic carbocycles. The summed E-state index contributed by atoms with van der Waals surface area (Å²) in [6.45, 7) is 0. The van der Waals surface area contributed by atoms with Gasteiger partial charge in [0.05, 0.1) is 4.92 Å². The van der Waals surface area contributed by atoms with Crippen LogP contribution in [0.3, 0.4) is 0 Å².